The van der Waals surface area contributed by atoms with Crippen LogP contribution in [0.25, 0.3) is 0 Å². The third-order valence-corrected chi connectivity index (χ3v) is 2.09. The van der Waals surface area contributed by atoms with Crippen LogP contribution in [0, 0.1) is 20.8 Å². The summed E-state index contributed by atoms with van der Waals surface area (Å²) in [6, 6.07) is 0. The summed E-state index contributed by atoms with van der Waals surface area (Å²) in [6.07, 6.45) is 0. The molecule has 0 aromatic carbocycles. The number of aryl methyl sites for hydroxylation is 2. The van der Waals surface area contributed by atoms with Crippen molar-refractivity contribution in [1.29, 1.82) is 0 Å². The van der Waals surface area contributed by atoms with Gasteiger partial charge in [-0.3, -0.25) is 0 Å². The molecule has 0 amide bonds. The van der Waals surface area contributed by atoms with E-state index in [1.165, 1.54) is 11.3 Å². The molecule has 2 nitrogen and oxygen atoms in total. The molecule has 1 aromatic heterocycles. The van der Waals surface area contributed by atoms with Crippen molar-refractivity contribution in [2.75, 3.05) is 0 Å². The van der Waals surface area contributed by atoms with Crippen LogP contribution in [0.5, 0.6) is 0 Å². The van der Waals surface area contributed by atoms with E-state index < -0.39 is 0 Å². The summed E-state index contributed by atoms with van der Waals surface area (Å²) in [5.74, 6) is 1.37. The lowest BCUT2D eigenvalue weighted by molar-refractivity contribution is 0.780. The van der Waals surface area contributed by atoms with Crippen molar-refractivity contribution >= 4 is 0 Å². The fourth-order valence-electron chi connectivity index (χ4n) is 1.36. The second-order valence-electron chi connectivity index (χ2n) is 3.52. The van der Waals surface area contributed by atoms with Crippen molar-refractivity contribution in [3.05, 3.63) is 22.8 Å². The zero-order chi connectivity index (χ0) is 9.30. The zero-order valence-electron chi connectivity index (χ0n) is 8.47. The Morgan fingerprint density at radius 1 is 1.00 bits per heavy atom. The molecule has 0 N–H and O–H groups in total. The Labute approximate surface area is 74.1 Å². The molecule has 0 saturated carbocycles. The van der Waals surface area contributed by atoms with Crippen LogP contribution in [-0.4, -0.2) is 9.97 Å². The number of rotatable bonds is 1. The second-order valence-corrected chi connectivity index (χ2v) is 3.52. The lowest BCUT2D eigenvalue weighted by atomic mass is 10.0. The van der Waals surface area contributed by atoms with Gasteiger partial charge in [0, 0.05) is 11.4 Å². The van der Waals surface area contributed by atoms with Crippen LogP contribution in [0.2, 0.25) is 0 Å². The van der Waals surface area contributed by atoms with Gasteiger partial charge in [-0.15, -0.1) is 0 Å². The van der Waals surface area contributed by atoms with Crippen LogP contribution >= 0.6 is 0 Å². The SMILES string of the molecule is Cc1nc(C)c(C)c(C(C)C)n1. The van der Waals surface area contributed by atoms with Crippen molar-refractivity contribution in [1.82, 2.24) is 9.97 Å². The summed E-state index contributed by atoms with van der Waals surface area (Å²) in [6.45, 7) is 10.4. The van der Waals surface area contributed by atoms with Gasteiger partial charge in [-0.05, 0) is 32.3 Å². The monoisotopic (exact) mass is 164 g/mol. The topological polar surface area (TPSA) is 25.8 Å². The third-order valence-electron chi connectivity index (χ3n) is 2.09. The highest BCUT2D eigenvalue weighted by Gasteiger charge is 2.08. The third kappa shape index (κ3) is 1.63. The summed E-state index contributed by atoms with van der Waals surface area (Å²) in [5.41, 5.74) is 3.52. The van der Waals surface area contributed by atoms with Gasteiger partial charge < -0.3 is 0 Å². The maximum Gasteiger partial charge on any atom is 0.125 e. The minimum absolute atomic E-state index is 0.491. The zero-order valence-corrected chi connectivity index (χ0v) is 8.47. The molecule has 0 bridgehead atoms. The molecule has 0 fully saturated rings. The van der Waals surface area contributed by atoms with Gasteiger partial charge in [0.15, 0.2) is 0 Å². The van der Waals surface area contributed by atoms with E-state index in [-0.39, 0.29) is 0 Å². The first kappa shape index (κ1) is 9.17. The van der Waals surface area contributed by atoms with Gasteiger partial charge >= 0.3 is 0 Å². The minimum atomic E-state index is 0.491. The predicted molar refractivity (Wildman–Crippen MR) is 50.3 cm³/mol. The molecule has 2 heteroatoms. The summed E-state index contributed by atoms with van der Waals surface area (Å²) in [5, 5.41) is 0. The Kier molecular flexibility index (Phi) is 2.46. The summed E-state index contributed by atoms with van der Waals surface area (Å²) in [7, 11) is 0. The highest BCUT2D eigenvalue weighted by atomic mass is 14.9. The van der Waals surface area contributed by atoms with Gasteiger partial charge in [-0.1, -0.05) is 13.8 Å². The Bertz CT molecular complexity index is 290. The largest absolute Gasteiger partial charge is 0.238 e. The standard InChI is InChI=1S/C10H16N2/c1-6(2)10-7(3)8(4)11-9(5)12-10/h6H,1-5H3. The molecule has 66 valence electrons. The first-order valence-corrected chi connectivity index (χ1v) is 4.34. The normalized spacial score (nSPS) is 10.8. The van der Waals surface area contributed by atoms with E-state index in [1.54, 1.807) is 0 Å². The van der Waals surface area contributed by atoms with Gasteiger partial charge in [0.2, 0.25) is 0 Å². The summed E-state index contributed by atoms with van der Waals surface area (Å²) >= 11 is 0. The molecular weight excluding hydrogens is 148 g/mol. The summed E-state index contributed by atoms with van der Waals surface area (Å²) in [4.78, 5) is 8.73. The van der Waals surface area contributed by atoms with E-state index in [4.69, 9.17) is 0 Å². The van der Waals surface area contributed by atoms with Crippen molar-refractivity contribution in [2.45, 2.75) is 40.5 Å². The molecule has 1 rings (SSSR count). The fraction of sp³-hybridized carbons (Fsp3) is 0.600. The van der Waals surface area contributed by atoms with Crippen molar-refractivity contribution < 1.29 is 0 Å². The molecule has 12 heavy (non-hydrogen) atoms. The van der Waals surface area contributed by atoms with E-state index in [9.17, 15) is 0 Å². The van der Waals surface area contributed by atoms with Crippen LogP contribution in [0.3, 0.4) is 0 Å². The Morgan fingerprint density at radius 2 is 1.58 bits per heavy atom. The van der Waals surface area contributed by atoms with E-state index >= 15 is 0 Å². The number of hydrogen-bond donors (Lipinski definition) is 0. The molecule has 0 aliphatic heterocycles. The minimum Gasteiger partial charge on any atom is -0.238 e. The van der Waals surface area contributed by atoms with Crippen LogP contribution in [0.1, 0.15) is 42.5 Å². The molecule has 0 atom stereocenters. The Balaban J connectivity index is 3.28. The molecule has 0 spiro atoms. The first-order chi connectivity index (χ1) is 5.52. The number of hydrogen-bond acceptors (Lipinski definition) is 2. The molecule has 0 radical (unpaired) electrons. The van der Waals surface area contributed by atoms with E-state index in [1.807, 2.05) is 13.8 Å². The van der Waals surface area contributed by atoms with Gasteiger partial charge in [0.05, 0.1) is 0 Å². The van der Waals surface area contributed by atoms with Gasteiger partial charge in [-0.2, -0.15) is 0 Å². The highest BCUT2D eigenvalue weighted by Crippen LogP contribution is 2.17. The molecule has 1 aromatic rings. The molecule has 1 heterocycles. The number of nitrogens with zero attached hydrogens (tertiary/aromatic N) is 2. The van der Waals surface area contributed by atoms with Gasteiger partial charge in [0.25, 0.3) is 0 Å². The smallest absolute Gasteiger partial charge is 0.125 e. The average molecular weight is 164 g/mol. The fourth-order valence-corrected chi connectivity index (χ4v) is 1.36. The molecule has 0 aliphatic carbocycles. The Morgan fingerprint density at radius 3 is 2.08 bits per heavy atom. The first-order valence-electron chi connectivity index (χ1n) is 4.34. The van der Waals surface area contributed by atoms with Gasteiger partial charge in [0.1, 0.15) is 5.82 Å². The van der Waals surface area contributed by atoms with E-state index in [0.717, 1.165) is 11.5 Å². The number of aromatic nitrogens is 2. The van der Waals surface area contributed by atoms with Crippen LogP contribution in [0.4, 0.5) is 0 Å². The van der Waals surface area contributed by atoms with Crippen LogP contribution < -0.4 is 0 Å². The molecule has 0 saturated heterocycles. The molecular formula is C10H16N2. The lowest BCUT2D eigenvalue weighted by Gasteiger charge is -2.10. The summed E-state index contributed by atoms with van der Waals surface area (Å²) < 4.78 is 0. The lowest BCUT2D eigenvalue weighted by Crippen LogP contribution is -2.03. The van der Waals surface area contributed by atoms with Crippen molar-refractivity contribution in [2.24, 2.45) is 0 Å². The van der Waals surface area contributed by atoms with Gasteiger partial charge in [-0.25, -0.2) is 9.97 Å². The second kappa shape index (κ2) is 3.21. The van der Waals surface area contributed by atoms with Crippen LogP contribution in [-0.2, 0) is 0 Å². The predicted octanol–water partition coefficient (Wildman–Crippen LogP) is 2.53. The average Bonchev–Trinajstić information content (AvgIpc) is 1.96. The van der Waals surface area contributed by atoms with E-state index in [0.29, 0.717) is 5.92 Å². The van der Waals surface area contributed by atoms with Crippen molar-refractivity contribution in [3.8, 4) is 0 Å². The van der Waals surface area contributed by atoms with E-state index in [2.05, 4.69) is 30.7 Å². The highest BCUT2D eigenvalue weighted by molar-refractivity contribution is 5.25. The maximum absolute atomic E-state index is 4.42. The quantitative estimate of drug-likeness (QED) is 0.637. The van der Waals surface area contributed by atoms with Crippen LogP contribution in [0.15, 0.2) is 0 Å². The molecule has 0 aliphatic rings. The molecule has 0 unspecified atom stereocenters. The van der Waals surface area contributed by atoms with Crippen molar-refractivity contribution in [3.63, 3.8) is 0 Å². The Hall–Kier alpha value is -0.920. The maximum atomic E-state index is 4.42.